The van der Waals surface area contributed by atoms with Gasteiger partial charge in [-0.25, -0.2) is 0 Å². The molecular formula is C16H21N3O2. The fourth-order valence-electron chi connectivity index (χ4n) is 5.39. The Morgan fingerprint density at radius 1 is 1.19 bits per heavy atom. The molecule has 1 N–H and O–H groups in total. The third kappa shape index (κ3) is 2.43. The van der Waals surface area contributed by atoms with Crippen molar-refractivity contribution in [3.63, 3.8) is 0 Å². The summed E-state index contributed by atoms with van der Waals surface area (Å²) in [6.45, 7) is 0.767. The predicted octanol–water partition coefficient (Wildman–Crippen LogP) is 2.24. The van der Waals surface area contributed by atoms with Crippen molar-refractivity contribution >= 4 is 11.8 Å². The van der Waals surface area contributed by atoms with E-state index >= 15 is 0 Å². The SMILES string of the molecule is O=C1C=CC(C(=O)NCC23CC4CC(CC(C4)C2)C3)N=N1. The van der Waals surface area contributed by atoms with E-state index < -0.39 is 6.04 Å². The highest BCUT2D eigenvalue weighted by molar-refractivity contribution is 5.92. The molecule has 2 amide bonds. The van der Waals surface area contributed by atoms with Crippen molar-refractivity contribution in [3.05, 3.63) is 12.2 Å². The Hall–Kier alpha value is -1.52. The minimum absolute atomic E-state index is 0.127. The number of hydrogen-bond donors (Lipinski definition) is 1. The molecule has 0 saturated heterocycles. The Morgan fingerprint density at radius 2 is 1.81 bits per heavy atom. The zero-order valence-corrected chi connectivity index (χ0v) is 12.1. The monoisotopic (exact) mass is 287 g/mol. The lowest BCUT2D eigenvalue weighted by Crippen LogP contribution is -2.52. The molecular weight excluding hydrogens is 266 g/mol. The summed E-state index contributed by atoms with van der Waals surface area (Å²) < 4.78 is 0. The summed E-state index contributed by atoms with van der Waals surface area (Å²) in [4.78, 5) is 23.1. The maximum atomic E-state index is 12.2. The van der Waals surface area contributed by atoms with Gasteiger partial charge in [0.25, 0.3) is 11.8 Å². The van der Waals surface area contributed by atoms with E-state index in [-0.39, 0.29) is 11.8 Å². The van der Waals surface area contributed by atoms with Crippen LogP contribution < -0.4 is 5.32 Å². The van der Waals surface area contributed by atoms with Crippen molar-refractivity contribution in [2.75, 3.05) is 6.54 Å². The van der Waals surface area contributed by atoms with Crippen LogP contribution in [0.3, 0.4) is 0 Å². The van der Waals surface area contributed by atoms with Crippen LogP contribution in [-0.2, 0) is 9.59 Å². The van der Waals surface area contributed by atoms with Crippen LogP contribution in [0.25, 0.3) is 0 Å². The van der Waals surface area contributed by atoms with E-state index in [0.717, 1.165) is 24.3 Å². The molecule has 1 heterocycles. The smallest absolute Gasteiger partial charge is 0.287 e. The predicted molar refractivity (Wildman–Crippen MR) is 76.4 cm³/mol. The highest BCUT2D eigenvalue weighted by Crippen LogP contribution is 2.59. The first-order chi connectivity index (χ1) is 10.1. The first kappa shape index (κ1) is 13.2. The molecule has 5 heteroatoms. The molecule has 0 aromatic rings. The minimum atomic E-state index is -0.628. The van der Waals surface area contributed by atoms with Crippen molar-refractivity contribution in [2.45, 2.75) is 44.6 Å². The summed E-state index contributed by atoms with van der Waals surface area (Å²) in [5.74, 6) is 2.15. The van der Waals surface area contributed by atoms with Crippen LogP contribution in [0.5, 0.6) is 0 Å². The zero-order chi connectivity index (χ0) is 14.4. The molecule has 1 atom stereocenters. The average molecular weight is 287 g/mol. The lowest BCUT2D eigenvalue weighted by atomic mass is 9.49. The molecule has 4 bridgehead atoms. The Kier molecular flexibility index (Phi) is 2.98. The van der Waals surface area contributed by atoms with Gasteiger partial charge < -0.3 is 5.32 Å². The van der Waals surface area contributed by atoms with Gasteiger partial charge in [0, 0.05) is 12.6 Å². The quantitative estimate of drug-likeness (QED) is 0.864. The molecule has 5 aliphatic rings. The number of azo groups is 1. The number of hydrogen-bond acceptors (Lipinski definition) is 3. The molecule has 0 aromatic carbocycles. The van der Waals surface area contributed by atoms with Gasteiger partial charge in [-0.1, -0.05) is 0 Å². The Bertz CT molecular complexity index is 486. The second-order valence-electron chi connectivity index (χ2n) is 7.49. The minimum Gasteiger partial charge on any atom is -0.353 e. The number of rotatable bonds is 3. The summed E-state index contributed by atoms with van der Waals surface area (Å²) in [5, 5.41) is 10.3. The summed E-state index contributed by atoms with van der Waals surface area (Å²) >= 11 is 0. The summed E-state index contributed by atoms with van der Waals surface area (Å²) in [6.07, 6.45) is 10.9. The number of amides is 2. The van der Waals surface area contributed by atoms with Gasteiger partial charge in [-0.3, -0.25) is 9.59 Å². The van der Waals surface area contributed by atoms with E-state index in [2.05, 4.69) is 15.5 Å². The third-order valence-electron chi connectivity index (χ3n) is 5.77. The number of carbonyl (C=O) groups is 2. The van der Waals surface area contributed by atoms with Gasteiger partial charge in [0.15, 0.2) is 6.04 Å². The summed E-state index contributed by atoms with van der Waals surface area (Å²) in [6, 6.07) is -0.628. The van der Waals surface area contributed by atoms with E-state index in [0.29, 0.717) is 5.41 Å². The first-order valence-electron chi connectivity index (χ1n) is 8.03. The molecule has 5 nitrogen and oxygen atoms in total. The highest BCUT2D eigenvalue weighted by atomic mass is 16.2. The fourth-order valence-corrected chi connectivity index (χ4v) is 5.39. The molecule has 1 unspecified atom stereocenters. The van der Waals surface area contributed by atoms with E-state index in [1.54, 1.807) is 0 Å². The second-order valence-corrected chi connectivity index (χ2v) is 7.49. The van der Waals surface area contributed by atoms with E-state index in [4.69, 9.17) is 0 Å². The van der Waals surface area contributed by atoms with Crippen LogP contribution in [0.4, 0.5) is 0 Å². The van der Waals surface area contributed by atoms with Crippen LogP contribution in [0.1, 0.15) is 38.5 Å². The molecule has 21 heavy (non-hydrogen) atoms. The van der Waals surface area contributed by atoms with Crippen LogP contribution in [0, 0.1) is 23.2 Å². The van der Waals surface area contributed by atoms with E-state index in [9.17, 15) is 9.59 Å². The summed E-state index contributed by atoms with van der Waals surface area (Å²) in [5.41, 5.74) is 0.329. The Morgan fingerprint density at radius 3 is 2.33 bits per heavy atom. The van der Waals surface area contributed by atoms with Gasteiger partial charge in [-0.2, -0.15) is 5.11 Å². The van der Waals surface area contributed by atoms with Gasteiger partial charge in [-0.15, -0.1) is 5.11 Å². The van der Waals surface area contributed by atoms with Crippen molar-refractivity contribution in [1.29, 1.82) is 0 Å². The van der Waals surface area contributed by atoms with Crippen LogP contribution in [-0.4, -0.2) is 24.4 Å². The standard InChI is InChI=1S/C16H21N3O2/c20-14-2-1-13(18-19-14)15(21)17-9-16-6-10-3-11(7-16)5-12(4-10)8-16/h1-2,10-13H,3-9H2,(H,17,21). The molecule has 112 valence electrons. The number of nitrogens with one attached hydrogen (secondary N) is 1. The maximum absolute atomic E-state index is 12.2. The molecule has 0 aromatic heterocycles. The van der Waals surface area contributed by atoms with Gasteiger partial charge in [0.05, 0.1) is 0 Å². The maximum Gasteiger partial charge on any atom is 0.287 e. The average Bonchev–Trinajstić information content (AvgIpc) is 2.44. The number of nitrogens with zero attached hydrogens (tertiary/aromatic N) is 2. The third-order valence-corrected chi connectivity index (χ3v) is 5.77. The van der Waals surface area contributed by atoms with Gasteiger partial charge in [0.1, 0.15) is 0 Å². The zero-order valence-electron chi connectivity index (χ0n) is 12.1. The molecule has 4 aliphatic carbocycles. The molecule has 4 saturated carbocycles. The van der Waals surface area contributed by atoms with E-state index in [1.165, 1.54) is 50.7 Å². The Balaban J connectivity index is 1.38. The lowest BCUT2D eigenvalue weighted by Gasteiger charge is -2.56. The molecule has 0 spiro atoms. The van der Waals surface area contributed by atoms with E-state index in [1.807, 2.05) is 0 Å². The number of carbonyl (C=O) groups excluding carboxylic acids is 2. The van der Waals surface area contributed by atoms with Crippen LogP contribution in [0.15, 0.2) is 22.4 Å². The van der Waals surface area contributed by atoms with Gasteiger partial charge in [0.2, 0.25) is 0 Å². The first-order valence-corrected chi connectivity index (χ1v) is 8.03. The Labute approximate surface area is 124 Å². The van der Waals surface area contributed by atoms with Gasteiger partial charge in [-0.05, 0) is 67.8 Å². The van der Waals surface area contributed by atoms with Gasteiger partial charge >= 0.3 is 0 Å². The molecule has 1 aliphatic heterocycles. The molecule has 4 fully saturated rings. The lowest BCUT2D eigenvalue weighted by molar-refractivity contribution is -0.123. The molecule has 5 rings (SSSR count). The van der Waals surface area contributed by atoms with Crippen molar-refractivity contribution in [1.82, 2.24) is 5.32 Å². The van der Waals surface area contributed by atoms with Crippen molar-refractivity contribution in [2.24, 2.45) is 33.4 Å². The second kappa shape index (κ2) is 4.75. The fraction of sp³-hybridized carbons (Fsp3) is 0.750. The van der Waals surface area contributed by atoms with Crippen LogP contribution in [0.2, 0.25) is 0 Å². The normalized spacial score (nSPS) is 43.3. The largest absolute Gasteiger partial charge is 0.353 e. The summed E-state index contributed by atoms with van der Waals surface area (Å²) in [7, 11) is 0. The van der Waals surface area contributed by atoms with Crippen molar-refractivity contribution < 1.29 is 9.59 Å². The van der Waals surface area contributed by atoms with Crippen molar-refractivity contribution in [3.8, 4) is 0 Å². The van der Waals surface area contributed by atoms with Crippen LogP contribution >= 0.6 is 0 Å². The molecule has 0 radical (unpaired) electrons. The topological polar surface area (TPSA) is 70.9 Å². The highest BCUT2D eigenvalue weighted by Gasteiger charge is 2.50.